The normalized spacial score (nSPS) is 17.0. The minimum absolute atomic E-state index is 0.199. The number of hydrogen-bond acceptors (Lipinski definition) is 6. The quantitative estimate of drug-likeness (QED) is 0.760. The summed E-state index contributed by atoms with van der Waals surface area (Å²) >= 11 is 1.53. The van der Waals surface area contributed by atoms with Gasteiger partial charge in [-0.2, -0.15) is 0 Å². The molecule has 19 heavy (non-hydrogen) atoms. The van der Waals surface area contributed by atoms with E-state index >= 15 is 0 Å². The average Bonchev–Trinajstić information content (AvgIpc) is 2.87. The number of hydrogen-bond donors (Lipinski definition) is 2. The molecular formula is C12H17N3O3S. The summed E-state index contributed by atoms with van der Waals surface area (Å²) in [5.41, 5.74) is 5.89. The van der Waals surface area contributed by atoms with E-state index in [1.54, 1.807) is 6.92 Å². The van der Waals surface area contributed by atoms with Crippen LogP contribution >= 0.6 is 11.3 Å². The zero-order valence-electron chi connectivity index (χ0n) is 10.8. The van der Waals surface area contributed by atoms with Gasteiger partial charge in [-0.1, -0.05) is 0 Å². The van der Waals surface area contributed by atoms with E-state index in [0.29, 0.717) is 13.2 Å². The summed E-state index contributed by atoms with van der Waals surface area (Å²) in [4.78, 5) is 28.0. The standard InChI is InChI=1S/C12H17N3O3S/c1-2-18-11(17)7-3-4-8-10(7)15-12(19-8)14-6-5-9(13)16/h7H,2-6H2,1H3,(H2,13,16)(H,14,15). The van der Waals surface area contributed by atoms with Crippen molar-refractivity contribution in [2.75, 3.05) is 18.5 Å². The van der Waals surface area contributed by atoms with E-state index < -0.39 is 0 Å². The minimum Gasteiger partial charge on any atom is -0.465 e. The number of carbonyl (C=O) groups excluding carboxylic acids is 2. The summed E-state index contributed by atoms with van der Waals surface area (Å²) in [5.74, 6) is -0.783. The van der Waals surface area contributed by atoms with E-state index in [2.05, 4.69) is 10.3 Å². The van der Waals surface area contributed by atoms with Crippen molar-refractivity contribution >= 4 is 28.3 Å². The Hall–Kier alpha value is -1.63. The zero-order chi connectivity index (χ0) is 13.8. The van der Waals surface area contributed by atoms with Crippen LogP contribution in [0.2, 0.25) is 0 Å². The van der Waals surface area contributed by atoms with Crippen molar-refractivity contribution in [3.05, 3.63) is 10.6 Å². The first-order valence-electron chi connectivity index (χ1n) is 6.30. The number of ether oxygens (including phenoxy) is 1. The second kappa shape index (κ2) is 6.01. The lowest BCUT2D eigenvalue weighted by atomic mass is 10.1. The first-order chi connectivity index (χ1) is 9.11. The molecule has 0 radical (unpaired) electrons. The molecule has 3 N–H and O–H groups in total. The van der Waals surface area contributed by atoms with E-state index in [1.165, 1.54) is 11.3 Å². The van der Waals surface area contributed by atoms with Gasteiger partial charge in [-0.15, -0.1) is 11.3 Å². The smallest absolute Gasteiger partial charge is 0.315 e. The molecule has 6 nitrogen and oxygen atoms in total. The summed E-state index contributed by atoms with van der Waals surface area (Å²) in [5, 5.41) is 3.79. The number of esters is 1. The monoisotopic (exact) mass is 283 g/mol. The third-order valence-corrected chi connectivity index (χ3v) is 4.03. The van der Waals surface area contributed by atoms with Gasteiger partial charge in [-0.05, 0) is 19.8 Å². The number of aryl methyl sites for hydroxylation is 1. The predicted molar refractivity (Wildman–Crippen MR) is 72.1 cm³/mol. The van der Waals surface area contributed by atoms with Crippen molar-refractivity contribution < 1.29 is 14.3 Å². The maximum atomic E-state index is 11.8. The largest absolute Gasteiger partial charge is 0.465 e. The maximum absolute atomic E-state index is 11.8. The van der Waals surface area contributed by atoms with Crippen LogP contribution in [0.25, 0.3) is 0 Å². The lowest BCUT2D eigenvalue weighted by Crippen LogP contribution is -2.16. The van der Waals surface area contributed by atoms with Gasteiger partial charge in [0.1, 0.15) is 5.92 Å². The number of anilines is 1. The number of amides is 1. The van der Waals surface area contributed by atoms with E-state index in [0.717, 1.165) is 28.5 Å². The van der Waals surface area contributed by atoms with Gasteiger partial charge in [0, 0.05) is 17.8 Å². The molecule has 0 saturated carbocycles. The minimum atomic E-state index is -0.346. The molecule has 1 heterocycles. The van der Waals surface area contributed by atoms with Crippen molar-refractivity contribution in [3.63, 3.8) is 0 Å². The van der Waals surface area contributed by atoms with Gasteiger partial charge in [0.2, 0.25) is 5.91 Å². The van der Waals surface area contributed by atoms with Crippen molar-refractivity contribution in [2.45, 2.75) is 32.1 Å². The Morgan fingerprint density at radius 2 is 2.37 bits per heavy atom. The van der Waals surface area contributed by atoms with Gasteiger partial charge >= 0.3 is 5.97 Å². The molecule has 0 saturated heterocycles. The van der Waals surface area contributed by atoms with Crippen LogP contribution in [0, 0.1) is 0 Å². The van der Waals surface area contributed by atoms with Crippen molar-refractivity contribution in [1.29, 1.82) is 0 Å². The zero-order valence-corrected chi connectivity index (χ0v) is 11.6. The SMILES string of the molecule is CCOC(=O)C1CCc2sc(NCCC(N)=O)nc21. The first kappa shape index (κ1) is 13.8. The fraction of sp³-hybridized carbons (Fsp3) is 0.583. The van der Waals surface area contributed by atoms with Crippen molar-refractivity contribution in [2.24, 2.45) is 5.73 Å². The second-order valence-electron chi connectivity index (χ2n) is 4.31. The second-order valence-corrected chi connectivity index (χ2v) is 5.40. The summed E-state index contributed by atoms with van der Waals surface area (Å²) < 4.78 is 5.05. The number of aromatic nitrogens is 1. The number of carbonyl (C=O) groups is 2. The summed E-state index contributed by atoms with van der Waals surface area (Å²) in [7, 11) is 0. The van der Waals surface area contributed by atoms with Crippen molar-refractivity contribution in [1.82, 2.24) is 4.98 Å². The molecule has 7 heteroatoms. The highest BCUT2D eigenvalue weighted by molar-refractivity contribution is 7.15. The van der Waals surface area contributed by atoms with Gasteiger partial charge in [-0.3, -0.25) is 9.59 Å². The van der Waals surface area contributed by atoms with Crippen LogP contribution in [0.5, 0.6) is 0 Å². The third kappa shape index (κ3) is 3.23. The van der Waals surface area contributed by atoms with E-state index in [9.17, 15) is 9.59 Å². The van der Waals surface area contributed by atoms with Gasteiger partial charge in [-0.25, -0.2) is 4.98 Å². The number of rotatable bonds is 6. The summed E-state index contributed by atoms with van der Waals surface area (Å²) in [6.07, 6.45) is 1.90. The molecule has 1 unspecified atom stereocenters. The Kier molecular flexibility index (Phi) is 4.36. The fourth-order valence-electron chi connectivity index (χ4n) is 2.07. The molecule has 0 aliphatic heterocycles. The van der Waals surface area contributed by atoms with Crippen LogP contribution in [0.4, 0.5) is 5.13 Å². The molecule has 2 rings (SSSR count). The predicted octanol–water partition coefficient (Wildman–Crippen LogP) is 1.02. The number of fused-ring (bicyclic) bond motifs is 1. The number of nitrogens with two attached hydrogens (primary N) is 1. The Morgan fingerprint density at radius 3 is 3.05 bits per heavy atom. The highest BCUT2D eigenvalue weighted by Crippen LogP contribution is 2.38. The van der Waals surface area contributed by atoms with Crippen LogP contribution in [-0.4, -0.2) is 30.0 Å². The number of thiazole rings is 1. The van der Waals surface area contributed by atoms with Gasteiger partial charge < -0.3 is 15.8 Å². The average molecular weight is 283 g/mol. The van der Waals surface area contributed by atoms with Gasteiger partial charge in [0.25, 0.3) is 0 Å². The molecule has 0 aromatic carbocycles. The highest BCUT2D eigenvalue weighted by Gasteiger charge is 2.33. The lowest BCUT2D eigenvalue weighted by molar-refractivity contribution is -0.145. The Balaban J connectivity index is 1.99. The third-order valence-electron chi connectivity index (χ3n) is 2.94. The Labute approximate surface area is 115 Å². The Morgan fingerprint density at radius 1 is 1.58 bits per heavy atom. The van der Waals surface area contributed by atoms with Crippen molar-refractivity contribution in [3.8, 4) is 0 Å². The lowest BCUT2D eigenvalue weighted by Gasteiger charge is -2.07. The van der Waals surface area contributed by atoms with Crippen LogP contribution in [0.3, 0.4) is 0 Å². The fourth-order valence-corrected chi connectivity index (χ4v) is 3.13. The summed E-state index contributed by atoms with van der Waals surface area (Å²) in [6, 6.07) is 0. The molecule has 1 aromatic heterocycles. The number of nitrogens with zero attached hydrogens (tertiary/aromatic N) is 1. The van der Waals surface area contributed by atoms with Crippen LogP contribution < -0.4 is 11.1 Å². The molecule has 1 aromatic rings. The topological polar surface area (TPSA) is 94.3 Å². The van der Waals surface area contributed by atoms with Crippen LogP contribution in [-0.2, 0) is 20.7 Å². The summed E-state index contributed by atoms with van der Waals surface area (Å²) in [6.45, 7) is 2.65. The number of nitrogens with one attached hydrogen (secondary N) is 1. The van der Waals surface area contributed by atoms with Crippen LogP contribution in [0.1, 0.15) is 36.3 Å². The molecule has 1 atom stereocenters. The molecule has 1 amide bonds. The molecule has 0 spiro atoms. The van der Waals surface area contributed by atoms with Gasteiger partial charge in [0.15, 0.2) is 5.13 Å². The van der Waals surface area contributed by atoms with E-state index in [4.69, 9.17) is 10.5 Å². The molecule has 0 fully saturated rings. The van der Waals surface area contributed by atoms with Gasteiger partial charge in [0.05, 0.1) is 12.3 Å². The molecule has 0 bridgehead atoms. The Bertz CT molecular complexity index is 487. The van der Waals surface area contributed by atoms with E-state index in [-0.39, 0.29) is 24.2 Å². The first-order valence-corrected chi connectivity index (χ1v) is 7.12. The highest BCUT2D eigenvalue weighted by atomic mass is 32.1. The number of primary amides is 1. The molecule has 1 aliphatic carbocycles. The molecule has 104 valence electrons. The van der Waals surface area contributed by atoms with Crippen LogP contribution in [0.15, 0.2) is 0 Å². The maximum Gasteiger partial charge on any atom is 0.315 e. The van der Waals surface area contributed by atoms with E-state index in [1.807, 2.05) is 0 Å². The molecule has 1 aliphatic rings. The molecular weight excluding hydrogens is 266 g/mol.